The Kier molecular flexibility index (Phi) is 3.53. The highest BCUT2D eigenvalue weighted by Gasteiger charge is 2.14. The van der Waals surface area contributed by atoms with Crippen LogP contribution in [-0.2, 0) is 9.84 Å². The fraction of sp³-hybridized carbons (Fsp3) is 0.133. The highest BCUT2D eigenvalue weighted by molar-refractivity contribution is 7.90. The van der Waals surface area contributed by atoms with Gasteiger partial charge in [0.05, 0.1) is 4.90 Å². The molecule has 0 saturated carbocycles. The fourth-order valence-electron chi connectivity index (χ4n) is 1.87. The molecule has 0 radical (unpaired) electrons. The smallest absolute Gasteiger partial charge is 0.193 e. The molecule has 0 fully saturated rings. The minimum Gasteiger partial charge on any atom is -0.289 e. The Morgan fingerprint density at radius 3 is 2.16 bits per heavy atom. The lowest BCUT2D eigenvalue weighted by Crippen LogP contribution is -2.05. The second-order valence-electron chi connectivity index (χ2n) is 4.44. The Labute approximate surface area is 112 Å². The number of carbonyl (C=O) groups excluding carboxylic acids is 1. The van der Waals surface area contributed by atoms with E-state index in [0.717, 1.165) is 6.26 Å². The minimum atomic E-state index is -3.24. The van der Waals surface area contributed by atoms with Crippen molar-refractivity contribution in [1.82, 2.24) is 0 Å². The van der Waals surface area contributed by atoms with Gasteiger partial charge in [-0.15, -0.1) is 0 Å². The van der Waals surface area contributed by atoms with Crippen LogP contribution >= 0.6 is 0 Å². The van der Waals surface area contributed by atoms with Gasteiger partial charge in [-0.25, -0.2) is 8.42 Å². The quantitative estimate of drug-likeness (QED) is 0.808. The monoisotopic (exact) mass is 274 g/mol. The molecule has 0 unspecified atom stereocenters. The summed E-state index contributed by atoms with van der Waals surface area (Å²) in [6.07, 6.45) is 1.15. The molecule has 0 bridgehead atoms. The third kappa shape index (κ3) is 2.90. The summed E-state index contributed by atoms with van der Waals surface area (Å²) in [6.45, 7) is 1.74. The van der Waals surface area contributed by atoms with E-state index >= 15 is 0 Å². The molecule has 19 heavy (non-hydrogen) atoms. The van der Waals surface area contributed by atoms with Gasteiger partial charge in [0.1, 0.15) is 0 Å². The molecular weight excluding hydrogens is 260 g/mol. The predicted molar refractivity (Wildman–Crippen MR) is 74.2 cm³/mol. The number of ketones is 1. The van der Waals surface area contributed by atoms with Crippen molar-refractivity contribution in [1.29, 1.82) is 0 Å². The summed E-state index contributed by atoms with van der Waals surface area (Å²) >= 11 is 0. The maximum atomic E-state index is 12.3. The van der Waals surface area contributed by atoms with Crippen molar-refractivity contribution in [2.45, 2.75) is 11.8 Å². The van der Waals surface area contributed by atoms with Crippen LogP contribution in [0.5, 0.6) is 0 Å². The van der Waals surface area contributed by atoms with Gasteiger partial charge in [-0.05, 0) is 30.7 Å². The third-order valence-corrected chi connectivity index (χ3v) is 4.02. The number of hydrogen-bond donors (Lipinski definition) is 0. The lowest BCUT2D eigenvalue weighted by Gasteiger charge is -2.07. The molecule has 0 atom stereocenters. The van der Waals surface area contributed by atoms with Crippen molar-refractivity contribution in [3.63, 3.8) is 0 Å². The summed E-state index contributed by atoms with van der Waals surface area (Å²) in [5.41, 5.74) is 1.79. The Morgan fingerprint density at radius 1 is 1.00 bits per heavy atom. The average molecular weight is 274 g/mol. The Hall–Kier alpha value is -1.94. The predicted octanol–water partition coefficient (Wildman–Crippen LogP) is 2.63. The highest BCUT2D eigenvalue weighted by atomic mass is 32.2. The van der Waals surface area contributed by atoms with Crippen LogP contribution in [0.3, 0.4) is 0 Å². The summed E-state index contributed by atoms with van der Waals surface area (Å²) in [6, 6.07) is 13.5. The van der Waals surface area contributed by atoms with Crippen LogP contribution in [0, 0.1) is 6.92 Å². The zero-order valence-corrected chi connectivity index (χ0v) is 11.6. The number of sulfone groups is 1. The van der Waals surface area contributed by atoms with Crippen molar-refractivity contribution in [2.24, 2.45) is 0 Å². The van der Waals surface area contributed by atoms with Gasteiger partial charge < -0.3 is 0 Å². The first-order valence-electron chi connectivity index (χ1n) is 5.80. The van der Waals surface area contributed by atoms with Crippen molar-refractivity contribution in [2.75, 3.05) is 6.26 Å². The summed E-state index contributed by atoms with van der Waals surface area (Å²) in [5, 5.41) is 0. The molecule has 0 N–H and O–H groups in total. The molecule has 0 amide bonds. The second-order valence-corrected chi connectivity index (χ2v) is 6.46. The van der Waals surface area contributed by atoms with E-state index in [1.807, 2.05) is 6.07 Å². The van der Waals surface area contributed by atoms with Crippen LogP contribution in [0.2, 0.25) is 0 Å². The average Bonchev–Trinajstić information content (AvgIpc) is 2.38. The first-order valence-corrected chi connectivity index (χ1v) is 7.69. The van der Waals surface area contributed by atoms with E-state index in [4.69, 9.17) is 0 Å². The van der Waals surface area contributed by atoms with Gasteiger partial charge in [0.2, 0.25) is 0 Å². The Morgan fingerprint density at radius 2 is 1.63 bits per heavy atom. The Bertz CT molecular complexity index is 716. The van der Waals surface area contributed by atoms with E-state index < -0.39 is 9.84 Å². The molecule has 2 aromatic rings. The molecule has 3 nitrogen and oxygen atoms in total. The van der Waals surface area contributed by atoms with Crippen LogP contribution in [0.25, 0.3) is 0 Å². The molecule has 4 heteroatoms. The van der Waals surface area contributed by atoms with E-state index in [1.54, 1.807) is 37.3 Å². The van der Waals surface area contributed by atoms with E-state index in [2.05, 4.69) is 0 Å². The van der Waals surface area contributed by atoms with Crippen molar-refractivity contribution in [3.8, 4) is 0 Å². The summed E-state index contributed by atoms with van der Waals surface area (Å²) in [4.78, 5) is 12.5. The van der Waals surface area contributed by atoms with E-state index in [-0.39, 0.29) is 10.7 Å². The maximum absolute atomic E-state index is 12.3. The standard InChI is InChI=1S/C15H14O3S/c1-11-10-13(19(2,17)18)8-9-14(11)15(16)12-6-4-3-5-7-12/h3-10H,1-2H3. The topological polar surface area (TPSA) is 51.2 Å². The lowest BCUT2D eigenvalue weighted by molar-refractivity contribution is 0.103. The van der Waals surface area contributed by atoms with Gasteiger partial charge in [0.15, 0.2) is 15.6 Å². The fourth-order valence-corrected chi connectivity index (χ4v) is 2.57. The van der Waals surface area contributed by atoms with E-state index in [1.165, 1.54) is 12.1 Å². The van der Waals surface area contributed by atoms with E-state index in [0.29, 0.717) is 16.7 Å². The van der Waals surface area contributed by atoms with Crippen LogP contribution in [0.4, 0.5) is 0 Å². The van der Waals surface area contributed by atoms with Crippen molar-refractivity contribution < 1.29 is 13.2 Å². The maximum Gasteiger partial charge on any atom is 0.193 e. The summed E-state index contributed by atoms with van der Waals surface area (Å²) in [5.74, 6) is -0.0989. The molecule has 0 heterocycles. The lowest BCUT2D eigenvalue weighted by atomic mass is 9.99. The molecule has 98 valence electrons. The Balaban J connectivity index is 2.46. The number of carbonyl (C=O) groups is 1. The van der Waals surface area contributed by atoms with Gasteiger partial charge in [0.25, 0.3) is 0 Å². The van der Waals surface area contributed by atoms with Crippen LogP contribution in [0.15, 0.2) is 53.4 Å². The molecule has 0 spiro atoms. The molecule has 0 aliphatic heterocycles. The molecule has 0 aliphatic rings. The van der Waals surface area contributed by atoms with Crippen molar-refractivity contribution >= 4 is 15.6 Å². The molecule has 2 aromatic carbocycles. The van der Waals surface area contributed by atoms with Gasteiger partial charge in [-0.2, -0.15) is 0 Å². The normalized spacial score (nSPS) is 11.3. The van der Waals surface area contributed by atoms with Crippen LogP contribution in [0.1, 0.15) is 21.5 Å². The molecule has 0 saturated heterocycles. The highest BCUT2D eigenvalue weighted by Crippen LogP contribution is 2.18. The van der Waals surface area contributed by atoms with Crippen LogP contribution < -0.4 is 0 Å². The van der Waals surface area contributed by atoms with Gasteiger partial charge in [-0.3, -0.25) is 4.79 Å². The van der Waals surface area contributed by atoms with E-state index in [9.17, 15) is 13.2 Å². The van der Waals surface area contributed by atoms with Gasteiger partial charge >= 0.3 is 0 Å². The third-order valence-electron chi connectivity index (χ3n) is 2.91. The number of hydrogen-bond acceptors (Lipinski definition) is 3. The zero-order chi connectivity index (χ0) is 14.0. The zero-order valence-electron chi connectivity index (χ0n) is 10.8. The number of aryl methyl sites for hydroxylation is 1. The SMILES string of the molecule is Cc1cc(S(C)(=O)=O)ccc1C(=O)c1ccccc1. The largest absolute Gasteiger partial charge is 0.289 e. The number of benzene rings is 2. The summed E-state index contributed by atoms with van der Waals surface area (Å²) < 4.78 is 22.9. The molecular formula is C15H14O3S. The first-order chi connectivity index (χ1) is 8.89. The molecule has 0 aromatic heterocycles. The summed E-state index contributed by atoms with van der Waals surface area (Å²) in [7, 11) is -3.24. The first kappa shape index (κ1) is 13.5. The second kappa shape index (κ2) is 4.97. The van der Waals surface area contributed by atoms with Gasteiger partial charge in [0, 0.05) is 17.4 Å². The minimum absolute atomic E-state index is 0.0989. The van der Waals surface area contributed by atoms with Crippen LogP contribution in [-0.4, -0.2) is 20.5 Å². The van der Waals surface area contributed by atoms with Crippen molar-refractivity contribution in [3.05, 3.63) is 65.2 Å². The number of rotatable bonds is 3. The molecule has 2 rings (SSSR count). The van der Waals surface area contributed by atoms with Gasteiger partial charge in [-0.1, -0.05) is 30.3 Å². The molecule has 0 aliphatic carbocycles.